The van der Waals surface area contributed by atoms with E-state index < -0.39 is 0 Å². The van der Waals surface area contributed by atoms with Gasteiger partial charge in [-0.1, -0.05) is 6.07 Å². The molecule has 1 fully saturated rings. The van der Waals surface area contributed by atoms with Crippen molar-refractivity contribution in [3.05, 3.63) is 30.1 Å². The normalized spacial score (nSPS) is 15.1. The average molecular weight is 479 g/mol. The molecule has 1 amide bonds. The van der Waals surface area contributed by atoms with Gasteiger partial charge in [-0.2, -0.15) is 0 Å². The van der Waals surface area contributed by atoms with Crippen LogP contribution < -0.4 is 16.0 Å². The third kappa shape index (κ3) is 8.77. The molecule has 1 aliphatic rings. The van der Waals surface area contributed by atoms with Gasteiger partial charge in [0.15, 0.2) is 5.96 Å². The maximum atomic E-state index is 13.1. The highest BCUT2D eigenvalue weighted by molar-refractivity contribution is 14.0. The van der Waals surface area contributed by atoms with E-state index in [0.29, 0.717) is 18.2 Å². The molecule has 7 nitrogen and oxygen atoms in total. The van der Waals surface area contributed by atoms with Gasteiger partial charge in [-0.05, 0) is 25.1 Å². The Bertz CT molecular complexity index is 582. The molecule has 26 heavy (non-hydrogen) atoms. The smallest absolute Gasteiger partial charge is 0.246 e. The Kier molecular flexibility index (Phi) is 11.1. The lowest BCUT2D eigenvalue weighted by molar-refractivity contribution is -0.114. The summed E-state index contributed by atoms with van der Waals surface area (Å²) in [5.74, 6) is -0.0967. The second-order valence-corrected chi connectivity index (χ2v) is 5.63. The number of rotatable bonds is 7. The summed E-state index contributed by atoms with van der Waals surface area (Å²) in [6.45, 7) is 7.67. The lowest BCUT2D eigenvalue weighted by Gasteiger charge is -2.26. The summed E-state index contributed by atoms with van der Waals surface area (Å²) in [4.78, 5) is 18.5. The van der Waals surface area contributed by atoms with Crippen molar-refractivity contribution in [3.63, 3.8) is 0 Å². The van der Waals surface area contributed by atoms with Crippen LogP contribution in [0.15, 0.2) is 29.3 Å². The lowest BCUT2D eigenvalue weighted by Crippen LogP contribution is -2.44. The summed E-state index contributed by atoms with van der Waals surface area (Å²) in [7, 11) is 0. The van der Waals surface area contributed by atoms with Crippen LogP contribution in [-0.2, 0) is 9.53 Å². The van der Waals surface area contributed by atoms with E-state index in [1.807, 2.05) is 6.92 Å². The molecule has 2 rings (SSSR count). The highest BCUT2D eigenvalue weighted by Gasteiger charge is 2.10. The SMILES string of the molecule is CCNC(=NCC(=O)Nc1cccc(F)c1)NCCN1CCOCC1.I. The minimum absolute atomic E-state index is 0. The maximum absolute atomic E-state index is 13.1. The second kappa shape index (κ2) is 12.8. The average Bonchev–Trinajstić information content (AvgIpc) is 2.60. The minimum atomic E-state index is -0.389. The van der Waals surface area contributed by atoms with Crippen molar-refractivity contribution in [1.82, 2.24) is 15.5 Å². The van der Waals surface area contributed by atoms with Gasteiger partial charge < -0.3 is 20.7 Å². The number of amides is 1. The Morgan fingerprint density at radius 2 is 2.08 bits per heavy atom. The molecule has 146 valence electrons. The van der Waals surface area contributed by atoms with Crippen LogP contribution in [0, 0.1) is 5.82 Å². The molecular formula is C17H27FIN5O2. The molecule has 0 aliphatic carbocycles. The van der Waals surface area contributed by atoms with Crippen LogP contribution in [0.3, 0.4) is 0 Å². The zero-order chi connectivity index (χ0) is 17.9. The molecule has 1 saturated heterocycles. The van der Waals surface area contributed by atoms with Crippen molar-refractivity contribution in [2.75, 3.05) is 57.8 Å². The van der Waals surface area contributed by atoms with Gasteiger partial charge in [0.25, 0.3) is 0 Å². The predicted octanol–water partition coefficient (Wildman–Crippen LogP) is 1.27. The van der Waals surface area contributed by atoms with Gasteiger partial charge in [0.1, 0.15) is 12.4 Å². The molecule has 1 heterocycles. The first-order valence-electron chi connectivity index (χ1n) is 8.55. The third-order valence-corrected chi connectivity index (χ3v) is 3.66. The van der Waals surface area contributed by atoms with Crippen LogP contribution in [0.4, 0.5) is 10.1 Å². The highest BCUT2D eigenvalue weighted by atomic mass is 127. The molecule has 1 aromatic rings. The molecule has 0 unspecified atom stereocenters. The Hall–Kier alpha value is -1.46. The predicted molar refractivity (Wildman–Crippen MR) is 112 cm³/mol. The summed E-state index contributed by atoms with van der Waals surface area (Å²) in [5.41, 5.74) is 0.422. The molecule has 1 aromatic carbocycles. The molecule has 0 radical (unpaired) electrons. The van der Waals surface area contributed by atoms with Gasteiger partial charge in [0.2, 0.25) is 5.91 Å². The quantitative estimate of drug-likeness (QED) is 0.312. The standard InChI is InChI=1S/C17H26FN5O2.HI/c1-2-19-17(20-6-7-23-8-10-25-11-9-23)21-13-16(24)22-15-5-3-4-14(18)12-15;/h3-5,12H,2,6-11,13H2,1H3,(H,22,24)(H2,19,20,21);1H. The lowest BCUT2D eigenvalue weighted by atomic mass is 10.3. The fraction of sp³-hybridized carbons (Fsp3) is 0.529. The van der Waals surface area contributed by atoms with Crippen molar-refractivity contribution in [3.8, 4) is 0 Å². The zero-order valence-electron chi connectivity index (χ0n) is 15.0. The van der Waals surface area contributed by atoms with Crippen molar-refractivity contribution in [1.29, 1.82) is 0 Å². The van der Waals surface area contributed by atoms with E-state index in [2.05, 4.69) is 25.8 Å². The summed E-state index contributed by atoms with van der Waals surface area (Å²) >= 11 is 0. The molecule has 0 aromatic heterocycles. The monoisotopic (exact) mass is 479 g/mol. The third-order valence-electron chi connectivity index (χ3n) is 3.66. The number of hydrogen-bond acceptors (Lipinski definition) is 4. The number of benzene rings is 1. The van der Waals surface area contributed by atoms with E-state index in [-0.39, 0.29) is 42.2 Å². The van der Waals surface area contributed by atoms with Gasteiger partial charge >= 0.3 is 0 Å². The number of morpholine rings is 1. The van der Waals surface area contributed by atoms with Crippen molar-refractivity contribution >= 4 is 41.5 Å². The Balaban J connectivity index is 0.00000338. The fourth-order valence-electron chi connectivity index (χ4n) is 2.42. The number of anilines is 1. The van der Waals surface area contributed by atoms with E-state index in [4.69, 9.17) is 4.74 Å². The van der Waals surface area contributed by atoms with E-state index in [0.717, 1.165) is 39.4 Å². The molecule has 0 atom stereocenters. The second-order valence-electron chi connectivity index (χ2n) is 5.63. The van der Waals surface area contributed by atoms with Crippen LogP contribution in [0.1, 0.15) is 6.92 Å². The van der Waals surface area contributed by atoms with E-state index in [1.54, 1.807) is 12.1 Å². The van der Waals surface area contributed by atoms with Gasteiger partial charge in [-0.3, -0.25) is 9.69 Å². The van der Waals surface area contributed by atoms with Crippen LogP contribution in [-0.4, -0.2) is 69.2 Å². The molecule has 3 N–H and O–H groups in total. The van der Waals surface area contributed by atoms with Crippen LogP contribution in [0.25, 0.3) is 0 Å². The Labute approximate surface area is 170 Å². The molecule has 9 heteroatoms. The van der Waals surface area contributed by atoms with Crippen LogP contribution >= 0.6 is 24.0 Å². The Morgan fingerprint density at radius 3 is 2.77 bits per heavy atom. The van der Waals surface area contributed by atoms with Crippen LogP contribution in [0.2, 0.25) is 0 Å². The Morgan fingerprint density at radius 1 is 1.31 bits per heavy atom. The molecule has 1 aliphatic heterocycles. The summed E-state index contributed by atoms with van der Waals surface area (Å²) in [6.07, 6.45) is 0. The van der Waals surface area contributed by atoms with Crippen molar-refractivity contribution in [2.24, 2.45) is 4.99 Å². The topological polar surface area (TPSA) is 78.0 Å². The van der Waals surface area contributed by atoms with Gasteiger partial charge in [0.05, 0.1) is 13.2 Å². The largest absolute Gasteiger partial charge is 0.379 e. The van der Waals surface area contributed by atoms with E-state index in [9.17, 15) is 9.18 Å². The first-order valence-corrected chi connectivity index (χ1v) is 8.55. The number of ether oxygens (including phenoxy) is 1. The molecular weight excluding hydrogens is 452 g/mol. The first-order chi connectivity index (χ1) is 12.2. The number of guanidine groups is 1. The summed E-state index contributed by atoms with van der Waals surface area (Å²) in [5, 5.41) is 8.94. The number of halogens is 2. The van der Waals surface area contributed by atoms with Crippen molar-refractivity contribution < 1.29 is 13.9 Å². The molecule has 0 saturated carbocycles. The van der Waals surface area contributed by atoms with E-state index in [1.165, 1.54) is 12.1 Å². The number of carbonyl (C=O) groups is 1. The number of nitrogens with zero attached hydrogens (tertiary/aromatic N) is 2. The van der Waals surface area contributed by atoms with Gasteiger partial charge in [0, 0.05) is 38.4 Å². The van der Waals surface area contributed by atoms with Gasteiger partial charge in [-0.15, -0.1) is 24.0 Å². The minimum Gasteiger partial charge on any atom is -0.379 e. The number of hydrogen-bond donors (Lipinski definition) is 3. The number of aliphatic imine (C=N–C) groups is 1. The van der Waals surface area contributed by atoms with Crippen molar-refractivity contribution in [2.45, 2.75) is 6.92 Å². The van der Waals surface area contributed by atoms with Gasteiger partial charge in [-0.25, -0.2) is 9.38 Å². The first kappa shape index (κ1) is 22.6. The summed E-state index contributed by atoms with van der Waals surface area (Å²) < 4.78 is 18.4. The molecule has 0 bridgehead atoms. The zero-order valence-corrected chi connectivity index (χ0v) is 17.3. The van der Waals surface area contributed by atoms with Crippen LogP contribution in [0.5, 0.6) is 0 Å². The van der Waals surface area contributed by atoms with E-state index >= 15 is 0 Å². The number of carbonyl (C=O) groups excluding carboxylic acids is 1. The molecule has 0 spiro atoms. The fourth-order valence-corrected chi connectivity index (χ4v) is 2.42. The number of nitrogens with one attached hydrogen (secondary N) is 3. The maximum Gasteiger partial charge on any atom is 0.246 e. The summed E-state index contributed by atoms with van der Waals surface area (Å²) in [6, 6.07) is 5.78. The highest BCUT2D eigenvalue weighted by Crippen LogP contribution is 2.08.